The highest BCUT2D eigenvalue weighted by Crippen LogP contribution is 2.32. The van der Waals surface area contributed by atoms with Crippen molar-refractivity contribution in [1.29, 1.82) is 5.26 Å². The maximum absolute atomic E-state index is 10.6. The Balaban J connectivity index is 2.72. The average molecular weight is 309 g/mol. The fourth-order valence-corrected chi connectivity index (χ4v) is 2.94. The first-order valence-electron chi connectivity index (χ1n) is 5.88. The molecule has 1 unspecified atom stereocenters. The fraction of sp³-hybridized carbons (Fsp3) is 0.385. The highest BCUT2D eigenvalue weighted by atomic mass is 32.2. The molecule has 0 spiro atoms. The Morgan fingerprint density at radius 3 is 2.70 bits per heavy atom. The minimum absolute atomic E-state index is 0.0569. The molecule has 1 atom stereocenters. The minimum Gasteiger partial charge on any atom is -0.481 e. The molecule has 20 heavy (non-hydrogen) atoms. The van der Waals surface area contributed by atoms with Crippen molar-refractivity contribution in [3.8, 4) is 6.07 Å². The maximum Gasteiger partial charge on any atom is 0.303 e. The lowest BCUT2D eigenvalue weighted by molar-refractivity contribution is -0.137. The van der Waals surface area contributed by atoms with E-state index in [1.54, 1.807) is 31.3 Å². The van der Waals surface area contributed by atoms with Crippen molar-refractivity contribution in [2.24, 2.45) is 0 Å². The number of aliphatic carboxylic acids is 1. The second kappa shape index (κ2) is 7.22. The van der Waals surface area contributed by atoms with E-state index >= 15 is 0 Å². The molecule has 0 saturated carbocycles. The second-order valence-corrected chi connectivity index (χ2v) is 6.51. The molecule has 0 saturated heterocycles. The van der Waals surface area contributed by atoms with Crippen molar-refractivity contribution in [2.75, 3.05) is 11.9 Å². The summed E-state index contributed by atoms with van der Waals surface area (Å²) in [6.45, 7) is 1.70. The van der Waals surface area contributed by atoms with E-state index in [0.29, 0.717) is 4.32 Å². The maximum atomic E-state index is 10.6. The number of carboxylic acids is 1. The van der Waals surface area contributed by atoms with E-state index in [0.717, 1.165) is 5.69 Å². The van der Waals surface area contributed by atoms with Crippen LogP contribution in [0.3, 0.4) is 0 Å². The van der Waals surface area contributed by atoms with Crippen molar-refractivity contribution >= 4 is 40.0 Å². The SMILES string of the molecule is CN(C(=S)SC(C)(C#N)CCC(=O)O)c1ccncc1. The van der Waals surface area contributed by atoms with Crippen molar-refractivity contribution in [3.05, 3.63) is 24.5 Å². The third-order valence-electron chi connectivity index (χ3n) is 2.69. The van der Waals surface area contributed by atoms with Gasteiger partial charge in [-0.3, -0.25) is 9.78 Å². The Morgan fingerprint density at radius 2 is 2.20 bits per heavy atom. The third-order valence-corrected chi connectivity index (χ3v) is 4.41. The number of rotatable bonds is 5. The summed E-state index contributed by atoms with van der Waals surface area (Å²) in [5.41, 5.74) is 0.871. The zero-order valence-corrected chi connectivity index (χ0v) is 12.9. The van der Waals surface area contributed by atoms with Gasteiger partial charge in [0.05, 0.1) is 6.07 Å². The Labute approximate surface area is 127 Å². The summed E-state index contributed by atoms with van der Waals surface area (Å²) in [4.78, 5) is 16.3. The Hall–Kier alpha value is -1.65. The van der Waals surface area contributed by atoms with Gasteiger partial charge in [0.15, 0.2) is 0 Å². The Morgan fingerprint density at radius 1 is 1.60 bits per heavy atom. The number of thioether (sulfide) groups is 1. The van der Waals surface area contributed by atoms with Crippen molar-refractivity contribution < 1.29 is 9.90 Å². The number of aromatic nitrogens is 1. The van der Waals surface area contributed by atoms with Crippen LogP contribution >= 0.6 is 24.0 Å². The van der Waals surface area contributed by atoms with Gasteiger partial charge in [0.2, 0.25) is 0 Å². The van der Waals surface area contributed by atoms with Crippen molar-refractivity contribution in [3.63, 3.8) is 0 Å². The number of pyridine rings is 1. The molecule has 1 aromatic rings. The highest BCUT2D eigenvalue weighted by Gasteiger charge is 2.29. The number of hydrogen-bond donors (Lipinski definition) is 1. The molecule has 0 aromatic carbocycles. The van der Waals surface area contributed by atoms with Gasteiger partial charge in [-0.1, -0.05) is 24.0 Å². The van der Waals surface area contributed by atoms with E-state index in [-0.39, 0.29) is 12.8 Å². The van der Waals surface area contributed by atoms with Crippen LogP contribution in [0.1, 0.15) is 19.8 Å². The molecule has 1 aromatic heterocycles. The van der Waals surface area contributed by atoms with E-state index in [4.69, 9.17) is 17.3 Å². The second-order valence-electron chi connectivity index (χ2n) is 4.37. The number of hydrogen-bond acceptors (Lipinski definition) is 5. The molecule has 0 aliphatic heterocycles. The molecule has 5 nitrogen and oxygen atoms in total. The highest BCUT2D eigenvalue weighted by molar-refractivity contribution is 8.24. The van der Waals surface area contributed by atoms with Crippen LogP contribution < -0.4 is 4.90 Å². The van der Waals surface area contributed by atoms with Gasteiger partial charge >= 0.3 is 5.97 Å². The van der Waals surface area contributed by atoms with Gasteiger partial charge in [0, 0.05) is 31.5 Å². The smallest absolute Gasteiger partial charge is 0.303 e. The lowest BCUT2D eigenvalue weighted by atomic mass is 10.1. The molecule has 0 amide bonds. The molecule has 0 radical (unpaired) electrons. The zero-order valence-electron chi connectivity index (χ0n) is 11.2. The summed E-state index contributed by atoms with van der Waals surface area (Å²) in [6, 6.07) is 5.77. The molecule has 0 aliphatic rings. The van der Waals surface area contributed by atoms with Crippen LogP contribution in [0.2, 0.25) is 0 Å². The van der Waals surface area contributed by atoms with E-state index in [2.05, 4.69) is 11.1 Å². The number of nitriles is 1. The van der Waals surface area contributed by atoms with Crippen LogP contribution in [0.25, 0.3) is 0 Å². The predicted octanol–water partition coefficient (Wildman–Crippen LogP) is 2.68. The Bertz CT molecular complexity index is 530. The first kappa shape index (κ1) is 16.4. The number of nitrogens with zero attached hydrogens (tertiary/aromatic N) is 3. The van der Waals surface area contributed by atoms with Gasteiger partial charge in [0.25, 0.3) is 0 Å². The first-order valence-corrected chi connectivity index (χ1v) is 7.10. The molecule has 7 heteroatoms. The monoisotopic (exact) mass is 309 g/mol. The summed E-state index contributed by atoms with van der Waals surface area (Å²) in [5.74, 6) is -0.916. The summed E-state index contributed by atoms with van der Waals surface area (Å²) in [7, 11) is 1.81. The fourth-order valence-electron chi connectivity index (χ4n) is 1.41. The van der Waals surface area contributed by atoms with Crippen LogP contribution in [0.4, 0.5) is 5.69 Å². The Kier molecular flexibility index (Phi) is 5.92. The minimum atomic E-state index is -0.916. The number of anilines is 1. The molecule has 0 aliphatic carbocycles. The molecule has 0 bridgehead atoms. The summed E-state index contributed by atoms with van der Waals surface area (Å²) < 4.78 is -0.331. The third kappa shape index (κ3) is 4.79. The van der Waals surface area contributed by atoms with E-state index in [1.165, 1.54) is 11.8 Å². The summed E-state index contributed by atoms with van der Waals surface area (Å²) in [5, 5.41) is 18.0. The standard InChI is InChI=1S/C13H15N3O2S2/c1-13(9-14,6-3-11(17)18)20-12(19)16(2)10-4-7-15-8-5-10/h4-5,7-8H,3,6H2,1-2H3,(H,17,18). The van der Waals surface area contributed by atoms with E-state index in [1.807, 2.05) is 12.1 Å². The summed E-state index contributed by atoms with van der Waals surface area (Å²) in [6.07, 6.45) is 3.51. The van der Waals surface area contributed by atoms with Gasteiger partial charge < -0.3 is 10.0 Å². The molecular weight excluding hydrogens is 294 g/mol. The van der Waals surface area contributed by atoms with Gasteiger partial charge in [-0.25, -0.2) is 0 Å². The molecule has 1 heterocycles. The van der Waals surface area contributed by atoms with Crippen LogP contribution in [-0.2, 0) is 4.79 Å². The van der Waals surface area contributed by atoms with Crippen LogP contribution in [0.15, 0.2) is 24.5 Å². The topological polar surface area (TPSA) is 77.2 Å². The quantitative estimate of drug-likeness (QED) is 0.838. The molecule has 1 rings (SSSR count). The molecule has 1 N–H and O–H groups in total. The average Bonchev–Trinajstić information content (AvgIpc) is 2.45. The van der Waals surface area contributed by atoms with Gasteiger partial charge in [-0.15, -0.1) is 0 Å². The van der Waals surface area contributed by atoms with Gasteiger partial charge in [-0.05, 0) is 25.5 Å². The number of carbonyl (C=O) groups is 1. The first-order chi connectivity index (χ1) is 9.38. The van der Waals surface area contributed by atoms with E-state index in [9.17, 15) is 10.1 Å². The van der Waals surface area contributed by atoms with Crippen LogP contribution in [-0.4, -0.2) is 32.2 Å². The van der Waals surface area contributed by atoms with Crippen LogP contribution in [0.5, 0.6) is 0 Å². The zero-order chi connectivity index (χ0) is 15.2. The normalized spacial score (nSPS) is 13.1. The number of carboxylic acid groups (broad SMARTS) is 1. The van der Waals surface area contributed by atoms with Crippen LogP contribution in [0, 0.1) is 11.3 Å². The van der Waals surface area contributed by atoms with Crippen molar-refractivity contribution in [2.45, 2.75) is 24.5 Å². The predicted molar refractivity (Wildman–Crippen MR) is 83.7 cm³/mol. The molecular formula is C13H15N3O2S2. The number of thiocarbonyl (C=S) groups is 1. The lowest BCUT2D eigenvalue weighted by Crippen LogP contribution is -2.29. The van der Waals surface area contributed by atoms with Gasteiger partial charge in [-0.2, -0.15) is 5.26 Å². The summed E-state index contributed by atoms with van der Waals surface area (Å²) >= 11 is 6.53. The van der Waals surface area contributed by atoms with Crippen molar-refractivity contribution in [1.82, 2.24) is 4.98 Å². The molecule has 0 fully saturated rings. The van der Waals surface area contributed by atoms with Gasteiger partial charge in [0.1, 0.15) is 9.07 Å². The molecule has 106 valence electrons. The lowest BCUT2D eigenvalue weighted by Gasteiger charge is -2.25. The largest absolute Gasteiger partial charge is 0.481 e. The van der Waals surface area contributed by atoms with E-state index < -0.39 is 10.7 Å².